The first kappa shape index (κ1) is 26.8. The summed E-state index contributed by atoms with van der Waals surface area (Å²) in [4.78, 5) is 5.35. The number of aromatic nitrogens is 1. The van der Waals surface area contributed by atoms with Gasteiger partial charge in [-0.2, -0.15) is 0 Å². The third-order valence-electron chi connectivity index (χ3n) is 9.67. The second kappa shape index (κ2) is 10.6. The van der Waals surface area contributed by atoms with Gasteiger partial charge in [-0.25, -0.2) is 0 Å². The number of nitrogens with one attached hydrogen (secondary N) is 1. The molecule has 3 heterocycles. The van der Waals surface area contributed by atoms with Crippen molar-refractivity contribution in [1.82, 2.24) is 4.57 Å². The Morgan fingerprint density at radius 1 is 0.521 bits per heavy atom. The first-order chi connectivity index (χ1) is 23.8. The molecule has 0 spiro atoms. The molecule has 1 atom stereocenters. The minimum absolute atomic E-state index is 0.201. The number of fused-ring (bicyclic) bond motifs is 7. The summed E-state index contributed by atoms with van der Waals surface area (Å²) < 4.78 is 9.23. The molecule has 1 unspecified atom stereocenters. The molecule has 2 aromatic heterocycles. The number of nitrogens with zero attached hydrogens (tertiary/aromatic N) is 2. The minimum atomic E-state index is -0.201. The van der Waals surface area contributed by atoms with Crippen molar-refractivity contribution >= 4 is 55.3 Å². The number of amidine groups is 1. The van der Waals surface area contributed by atoms with E-state index in [-0.39, 0.29) is 6.04 Å². The van der Waals surface area contributed by atoms with Crippen LogP contribution in [-0.4, -0.2) is 10.4 Å². The van der Waals surface area contributed by atoms with E-state index in [0.29, 0.717) is 0 Å². The number of hydrogen-bond donors (Lipinski definition) is 1. The van der Waals surface area contributed by atoms with Crippen LogP contribution in [0.1, 0.15) is 22.7 Å². The summed E-state index contributed by atoms with van der Waals surface area (Å²) in [5.41, 5.74) is 11.9. The lowest BCUT2D eigenvalue weighted by Gasteiger charge is -2.26. The molecule has 226 valence electrons. The fourth-order valence-electron chi connectivity index (χ4n) is 7.59. The van der Waals surface area contributed by atoms with Gasteiger partial charge in [-0.3, -0.25) is 4.99 Å². The molecule has 1 aliphatic heterocycles. The second-order valence-electron chi connectivity index (χ2n) is 12.4. The van der Waals surface area contributed by atoms with E-state index < -0.39 is 0 Å². The smallest absolute Gasteiger partial charge is 0.159 e. The highest BCUT2D eigenvalue weighted by atomic mass is 16.3. The van der Waals surface area contributed by atoms with Crippen LogP contribution < -0.4 is 5.32 Å². The van der Waals surface area contributed by atoms with Gasteiger partial charge in [0.1, 0.15) is 17.5 Å². The zero-order valence-corrected chi connectivity index (χ0v) is 26.0. The maximum atomic E-state index is 6.87. The third kappa shape index (κ3) is 3.99. The van der Waals surface area contributed by atoms with Gasteiger partial charge in [0.15, 0.2) is 5.58 Å². The standard InChI is InChI=1S/C44H29N3O/c1-3-14-28(15-4-1)30-20-11-25-37-40(30)32-19-8-10-24-36(32)47(37)38-26-12-22-34-41-33(21-13-27-39(41)48-43(34)38)42-31-18-7-9-23-35(31)45-44(46-42)29-16-5-2-6-17-29/h1-27,42H,(H,45,46). The van der Waals surface area contributed by atoms with Crippen molar-refractivity contribution in [2.24, 2.45) is 4.99 Å². The van der Waals surface area contributed by atoms with Gasteiger partial charge in [-0.15, -0.1) is 0 Å². The molecule has 0 radical (unpaired) electrons. The van der Waals surface area contributed by atoms with Crippen molar-refractivity contribution in [1.29, 1.82) is 0 Å². The Morgan fingerprint density at radius 3 is 2.06 bits per heavy atom. The summed E-state index contributed by atoms with van der Waals surface area (Å²) in [6, 6.07) is 57.5. The van der Waals surface area contributed by atoms with E-state index in [1.54, 1.807) is 0 Å². The van der Waals surface area contributed by atoms with E-state index in [9.17, 15) is 0 Å². The quantitative estimate of drug-likeness (QED) is 0.214. The molecule has 0 fully saturated rings. The van der Waals surface area contributed by atoms with Crippen molar-refractivity contribution < 1.29 is 4.42 Å². The molecule has 1 aliphatic rings. The van der Waals surface area contributed by atoms with E-state index in [2.05, 4.69) is 168 Å². The summed E-state index contributed by atoms with van der Waals surface area (Å²) in [7, 11) is 0. The Balaban J connectivity index is 1.24. The Hall–Kier alpha value is -6.39. The maximum absolute atomic E-state index is 6.87. The summed E-state index contributed by atoms with van der Waals surface area (Å²) in [5, 5.41) is 8.22. The fourth-order valence-corrected chi connectivity index (χ4v) is 7.59. The van der Waals surface area contributed by atoms with Crippen LogP contribution in [-0.2, 0) is 0 Å². The number of furan rings is 1. The summed E-state index contributed by atoms with van der Waals surface area (Å²) >= 11 is 0. The number of para-hydroxylation sites is 3. The fraction of sp³-hybridized carbons (Fsp3) is 0.0227. The van der Waals surface area contributed by atoms with E-state index in [0.717, 1.165) is 66.9 Å². The number of aliphatic imine (C=N–C) groups is 1. The average molecular weight is 616 g/mol. The first-order valence-corrected chi connectivity index (χ1v) is 16.3. The van der Waals surface area contributed by atoms with Crippen LogP contribution in [0.5, 0.6) is 0 Å². The van der Waals surface area contributed by atoms with Gasteiger partial charge in [0.05, 0.1) is 16.7 Å². The molecule has 1 N–H and O–H groups in total. The molecule has 48 heavy (non-hydrogen) atoms. The van der Waals surface area contributed by atoms with Crippen LogP contribution in [0, 0.1) is 0 Å². The van der Waals surface area contributed by atoms with Crippen molar-refractivity contribution in [3.63, 3.8) is 0 Å². The maximum Gasteiger partial charge on any atom is 0.159 e. The van der Waals surface area contributed by atoms with E-state index in [4.69, 9.17) is 9.41 Å². The van der Waals surface area contributed by atoms with Gasteiger partial charge in [-0.1, -0.05) is 133 Å². The van der Waals surface area contributed by atoms with Crippen LogP contribution in [0.3, 0.4) is 0 Å². The van der Waals surface area contributed by atoms with Gasteiger partial charge in [0.2, 0.25) is 0 Å². The highest BCUT2D eigenvalue weighted by Crippen LogP contribution is 2.45. The second-order valence-corrected chi connectivity index (χ2v) is 12.4. The van der Waals surface area contributed by atoms with Crippen molar-refractivity contribution in [3.8, 4) is 16.8 Å². The van der Waals surface area contributed by atoms with Crippen LogP contribution in [0.15, 0.2) is 173 Å². The highest BCUT2D eigenvalue weighted by molar-refractivity contribution is 6.17. The van der Waals surface area contributed by atoms with Gasteiger partial charge in [0.25, 0.3) is 0 Å². The molecule has 0 saturated heterocycles. The normalized spacial score (nSPS) is 14.3. The summed E-state index contributed by atoms with van der Waals surface area (Å²) in [6.07, 6.45) is 0. The lowest BCUT2D eigenvalue weighted by molar-refractivity contribution is 0.666. The van der Waals surface area contributed by atoms with E-state index in [1.807, 2.05) is 6.07 Å². The molecule has 0 bridgehead atoms. The van der Waals surface area contributed by atoms with Gasteiger partial charge in [0, 0.05) is 38.4 Å². The molecule has 0 aliphatic carbocycles. The molecular formula is C44H29N3O. The summed E-state index contributed by atoms with van der Waals surface area (Å²) in [6.45, 7) is 0. The van der Waals surface area contributed by atoms with E-state index in [1.165, 1.54) is 21.9 Å². The summed E-state index contributed by atoms with van der Waals surface area (Å²) in [5.74, 6) is 0.865. The van der Waals surface area contributed by atoms with Crippen molar-refractivity contribution in [2.45, 2.75) is 6.04 Å². The van der Waals surface area contributed by atoms with Crippen molar-refractivity contribution in [3.05, 3.63) is 180 Å². The predicted molar refractivity (Wildman–Crippen MR) is 198 cm³/mol. The molecule has 10 rings (SSSR count). The molecule has 0 amide bonds. The zero-order valence-electron chi connectivity index (χ0n) is 26.0. The van der Waals surface area contributed by atoms with Crippen LogP contribution in [0.4, 0.5) is 5.69 Å². The van der Waals surface area contributed by atoms with E-state index >= 15 is 0 Å². The largest absolute Gasteiger partial charge is 0.454 e. The first-order valence-electron chi connectivity index (χ1n) is 16.3. The molecule has 4 nitrogen and oxygen atoms in total. The number of rotatable bonds is 4. The van der Waals surface area contributed by atoms with Gasteiger partial charge in [-0.05, 0) is 47.0 Å². The lowest BCUT2D eigenvalue weighted by Crippen LogP contribution is -2.22. The average Bonchev–Trinajstić information content (AvgIpc) is 3.71. The van der Waals surface area contributed by atoms with Crippen LogP contribution >= 0.6 is 0 Å². The van der Waals surface area contributed by atoms with Crippen molar-refractivity contribution in [2.75, 3.05) is 5.32 Å². The Bertz CT molecular complexity index is 2700. The molecule has 0 saturated carbocycles. The lowest BCUT2D eigenvalue weighted by atomic mass is 9.92. The SMILES string of the molecule is c1ccc(C2=NC(c3cccc4oc5c(-n6c7ccccc7c7c(-c8ccccc8)cccc76)cccc5c34)c3ccccc3N2)cc1. The Labute approximate surface area is 277 Å². The predicted octanol–water partition coefficient (Wildman–Crippen LogP) is 11.3. The monoisotopic (exact) mass is 615 g/mol. The molecule has 9 aromatic rings. The number of benzene rings is 7. The molecule has 4 heteroatoms. The van der Waals surface area contributed by atoms with Crippen LogP contribution in [0.2, 0.25) is 0 Å². The topological polar surface area (TPSA) is 42.5 Å². The van der Waals surface area contributed by atoms with Gasteiger partial charge < -0.3 is 14.3 Å². The van der Waals surface area contributed by atoms with Crippen LogP contribution in [0.25, 0.3) is 60.6 Å². The highest BCUT2D eigenvalue weighted by Gasteiger charge is 2.27. The Morgan fingerprint density at radius 2 is 1.19 bits per heavy atom. The zero-order chi connectivity index (χ0) is 31.6. The minimum Gasteiger partial charge on any atom is -0.454 e. The van der Waals surface area contributed by atoms with Gasteiger partial charge >= 0.3 is 0 Å². The third-order valence-corrected chi connectivity index (χ3v) is 9.67. The number of anilines is 1. The molecule has 7 aromatic carbocycles. The molecular weight excluding hydrogens is 587 g/mol. The number of hydrogen-bond acceptors (Lipinski definition) is 3. The Kier molecular flexibility index (Phi) is 5.90.